The van der Waals surface area contributed by atoms with Crippen LogP contribution in [0.1, 0.15) is 25.3 Å². The summed E-state index contributed by atoms with van der Waals surface area (Å²) in [7, 11) is 0. The van der Waals surface area contributed by atoms with Crippen molar-refractivity contribution in [3.8, 4) is 0 Å². The molecule has 3 rings (SSSR count). The van der Waals surface area contributed by atoms with E-state index in [-0.39, 0.29) is 24.4 Å². The van der Waals surface area contributed by atoms with Crippen molar-refractivity contribution in [1.29, 1.82) is 0 Å². The van der Waals surface area contributed by atoms with Crippen LogP contribution in [0.3, 0.4) is 0 Å². The van der Waals surface area contributed by atoms with Gasteiger partial charge in [0.2, 0.25) is 0 Å². The van der Waals surface area contributed by atoms with Crippen LogP contribution in [0, 0.1) is 0 Å². The molecule has 0 unspecified atom stereocenters. The summed E-state index contributed by atoms with van der Waals surface area (Å²) >= 11 is 5.96. The van der Waals surface area contributed by atoms with Crippen molar-refractivity contribution in [3.63, 3.8) is 0 Å². The predicted octanol–water partition coefficient (Wildman–Crippen LogP) is -0.350. The normalized spacial score (nSPS) is 33.0. The van der Waals surface area contributed by atoms with Gasteiger partial charge in [0.25, 0.3) is 0 Å². The Balaban J connectivity index is 2.08. The van der Waals surface area contributed by atoms with E-state index in [1.165, 1.54) is 12.7 Å². The fourth-order valence-electron chi connectivity index (χ4n) is 2.95. The Hall–Kier alpha value is -1.32. The second kappa shape index (κ2) is 5.71. The van der Waals surface area contributed by atoms with Crippen LogP contribution in [-0.4, -0.2) is 64.4 Å². The molecule has 22 heavy (non-hydrogen) atoms. The number of hydrogen-bond donors (Lipinski definition) is 4. The SMILES string of the molecule is OC[C@]1(O)CC[C@@H](O)C[C@@H](n2cnc3c(Cl)ncnc32)[C@H]1O. The van der Waals surface area contributed by atoms with Crippen LogP contribution in [0.25, 0.3) is 11.2 Å². The molecule has 0 spiro atoms. The van der Waals surface area contributed by atoms with Gasteiger partial charge in [0.05, 0.1) is 25.1 Å². The fourth-order valence-corrected chi connectivity index (χ4v) is 3.13. The molecule has 1 aliphatic carbocycles. The van der Waals surface area contributed by atoms with Crippen molar-refractivity contribution in [2.24, 2.45) is 0 Å². The first-order chi connectivity index (χ1) is 10.5. The summed E-state index contributed by atoms with van der Waals surface area (Å²) in [6.07, 6.45) is 1.32. The number of hydrogen-bond acceptors (Lipinski definition) is 7. The zero-order valence-electron chi connectivity index (χ0n) is 11.7. The van der Waals surface area contributed by atoms with Crippen LogP contribution < -0.4 is 0 Å². The molecule has 0 bridgehead atoms. The number of fused-ring (bicyclic) bond motifs is 1. The molecule has 4 N–H and O–H groups in total. The zero-order valence-corrected chi connectivity index (χ0v) is 12.4. The zero-order chi connectivity index (χ0) is 15.9. The highest BCUT2D eigenvalue weighted by Crippen LogP contribution is 2.36. The van der Waals surface area contributed by atoms with Crippen LogP contribution in [0.5, 0.6) is 0 Å². The average Bonchev–Trinajstić information content (AvgIpc) is 2.90. The van der Waals surface area contributed by atoms with Gasteiger partial charge in [-0.2, -0.15) is 0 Å². The summed E-state index contributed by atoms with van der Waals surface area (Å²) in [5.41, 5.74) is -0.906. The largest absolute Gasteiger partial charge is 0.393 e. The molecule has 1 saturated carbocycles. The van der Waals surface area contributed by atoms with Gasteiger partial charge in [-0.15, -0.1) is 0 Å². The number of rotatable bonds is 2. The number of aliphatic hydroxyl groups excluding tert-OH is 3. The van der Waals surface area contributed by atoms with E-state index in [1.54, 1.807) is 4.57 Å². The van der Waals surface area contributed by atoms with Gasteiger partial charge >= 0.3 is 0 Å². The van der Waals surface area contributed by atoms with E-state index >= 15 is 0 Å². The van der Waals surface area contributed by atoms with E-state index in [9.17, 15) is 20.4 Å². The molecule has 8 nitrogen and oxygen atoms in total. The number of halogens is 1. The standard InChI is InChI=1S/C13H17ClN4O4/c14-11-9-12(16-5-15-11)18(6-17-9)8-3-7(20)1-2-13(22,4-19)10(8)21/h5-8,10,19-22H,1-4H2/t7-,8-,10-,13-/m1/s1. The monoisotopic (exact) mass is 328 g/mol. The predicted molar refractivity (Wildman–Crippen MR) is 77.3 cm³/mol. The van der Waals surface area contributed by atoms with Crippen molar-refractivity contribution in [2.45, 2.75) is 43.1 Å². The third-order valence-electron chi connectivity index (χ3n) is 4.28. The molecule has 0 radical (unpaired) electrons. The van der Waals surface area contributed by atoms with Crippen molar-refractivity contribution in [3.05, 3.63) is 17.8 Å². The van der Waals surface area contributed by atoms with Crippen molar-refractivity contribution in [2.75, 3.05) is 6.61 Å². The number of aromatic nitrogens is 4. The average molecular weight is 329 g/mol. The van der Waals surface area contributed by atoms with E-state index in [4.69, 9.17) is 11.6 Å². The van der Waals surface area contributed by atoms with E-state index < -0.39 is 30.5 Å². The highest BCUT2D eigenvalue weighted by Gasteiger charge is 2.44. The van der Waals surface area contributed by atoms with Gasteiger partial charge in [-0.25, -0.2) is 15.0 Å². The smallest absolute Gasteiger partial charge is 0.165 e. The Morgan fingerprint density at radius 3 is 2.82 bits per heavy atom. The molecule has 9 heteroatoms. The molecule has 0 aromatic carbocycles. The molecule has 0 saturated heterocycles. The molecule has 4 atom stereocenters. The van der Waals surface area contributed by atoms with Crippen LogP contribution in [0.4, 0.5) is 0 Å². The molecule has 1 aliphatic rings. The first-order valence-corrected chi connectivity index (χ1v) is 7.36. The fraction of sp³-hybridized carbons (Fsp3) is 0.615. The van der Waals surface area contributed by atoms with E-state index in [2.05, 4.69) is 15.0 Å². The van der Waals surface area contributed by atoms with Gasteiger partial charge in [0.1, 0.15) is 23.5 Å². The molecule has 2 aromatic rings. The second-order valence-electron chi connectivity index (χ2n) is 5.69. The third kappa shape index (κ3) is 2.46. The Morgan fingerprint density at radius 2 is 2.09 bits per heavy atom. The lowest BCUT2D eigenvalue weighted by molar-refractivity contribution is -0.122. The van der Waals surface area contributed by atoms with Gasteiger partial charge in [-0.05, 0) is 19.3 Å². The van der Waals surface area contributed by atoms with E-state index in [0.29, 0.717) is 11.2 Å². The summed E-state index contributed by atoms with van der Waals surface area (Å²) in [4.78, 5) is 12.1. The minimum atomic E-state index is -1.68. The highest BCUT2D eigenvalue weighted by atomic mass is 35.5. The van der Waals surface area contributed by atoms with Gasteiger partial charge in [0.15, 0.2) is 10.8 Å². The summed E-state index contributed by atoms with van der Waals surface area (Å²) in [6, 6.07) is -0.689. The van der Waals surface area contributed by atoms with Crippen LogP contribution in [0.2, 0.25) is 5.15 Å². The number of imidazole rings is 1. The Labute approximate surface area is 131 Å². The first-order valence-electron chi connectivity index (χ1n) is 6.98. The van der Waals surface area contributed by atoms with Crippen LogP contribution in [-0.2, 0) is 0 Å². The Kier molecular flexibility index (Phi) is 4.04. The Bertz CT molecular complexity index is 681. The van der Waals surface area contributed by atoms with Gasteiger partial charge in [0, 0.05) is 0 Å². The molecule has 2 heterocycles. The lowest BCUT2D eigenvalue weighted by Gasteiger charge is -2.34. The van der Waals surface area contributed by atoms with E-state index in [1.807, 2.05) is 0 Å². The Morgan fingerprint density at radius 1 is 1.32 bits per heavy atom. The summed E-state index contributed by atoms with van der Waals surface area (Å²) in [5.74, 6) is 0. The van der Waals surface area contributed by atoms with Crippen LogP contribution in [0.15, 0.2) is 12.7 Å². The van der Waals surface area contributed by atoms with Crippen molar-refractivity contribution < 1.29 is 20.4 Å². The van der Waals surface area contributed by atoms with E-state index in [0.717, 1.165) is 0 Å². The van der Waals surface area contributed by atoms with Gasteiger partial charge in [-0.1, -0.05) is 11.6 Å². The minimum absolute atomic E-state index is 0.102. The molecule has 2 aromatic heterocycles. The molecule has 0 aliphatic heterocycles. The second-order valence-corrected chi connectivity index (χ2v) is 6.05. The van der Waals surface area contributed by atoms with Gasteiger partial charge in [-0.3, -0.25) is 0 Å². The minimum Gasteiger partial charge on any atom is -0.393 e. The quantitative estimate of drug-likeness (QED) is 0.438. The first kappa shape index (κ1) is 15.6. The maximum Gasteiger partial charge on any atom is 0.165 e. The lowest BCUT2D eigenvalue weighted by Crippen LogP contribution is -2.49. The molecular formula is C13H17ClN4O4. The number of aliphatic hydroxyl groups is 4. The molecule has 1 fully saturated rings. The molecule has 0 amide bonds. The third-order valence-corrected chi connectivity index (χ3v) is 4.56. The highest BCUT2D eigenvalue weighted by molar-refractivity contribution is 6.33. The van der Waals surface area contributed by atoms with Crippen molar-refractivity contribution in [1.82, 2.24) is 19.5 Å². The topological polar surface area (TPSA) is 125 Å². The number of nitrogens with zero attached hydrogens (tertiary/aromatic N) is 4. The lowest BCUT2D eigenvalue weighted by atomic mass is 9.90. The van der Waals surface area contributed by atoms with Crippen molar-refractivity contribution >= 4 is 22.8 Å². The maximum absolute atomic E-state index is 10.5. The molecular weight excluding hydrogens is 312 g/mol. The summed E-state index contributed by atoms with van der Waals surface area (Å²) < 4.78 is 1.56. The van der Waals surface area contributed by atoms with Gasteiger partial charge < -0.3 is 25.0 Å². The molecule has 120 valence electrons. The summed E-state index contributed by atoms with van der Waals surface area (Å²) in [6.45, 7) is -0.597. The summed E-state index contributed by atoms with van der Waals surface area (Å²) in [5, 5.41) is 40.6. The maximum atomic E-state index is 10.5. The van der Waals surface area contributed by atoms with Crippen LogP contribution >= 0.6 is 11.6 Å².